The molecule has 3 heterocycles. The summed E-state index contributed by atoms with van der Waals surface area (Å²) in [7, 11) is 1.60. The number of hydrogen-bond donors (Lipinski definition) is 1. The Morgan fingerprint density at radius 2 is 2.15 bits per heavy atom. The highest BCUT2D eigenvalue weighted by Crippen LogP contribution is 2.32. The molecule has 1 amide bonds. The van der Waals surface area contributed by atoms with Crippen LogP contribution < -0.4 is 5.73 Å². The van der Waals surface area contributed by atoms with Crippen molar-refractivity contribution >= 4 is 29.0 Å². The molecule has 3 rings (SSSR count). The third kappa shape index (κ3) is 3.37. The highest BCUT2D eigenvalue weighted by Gasteiger charge is 2.37. The lowest BCUT2D eigenvalue weighted by atomic mass is 9.90. The van der Waals surface area contributed by atoms with Crippen molar-refractivity contribution in [3.63, 3.8) is 0 Å². The molecule has 0 spiro atoms. The number of carbonyl (C=O) groups is 2. The Labute approximate surface area is 156 Å². The molecule has 0 radical (unpaired) electrons. The van der Waals surface area contributed by atoms with Crippen LogP contribution in [0.3, 0.4) is 0 Å². The number of thiazole rings is 1. The average Bonchev–Trinajstić information content (AvgIpc) is 2.91. The first kappa shape index (κ1) is 18.2. The van der Waals surface area contributed by atoms with Crippen molar-refractivity contribution in [3.05, 3.63) is 45.2 Å². The molecule has 1 aliphatic heterocycles. The van der Waals surface area contributed by atoms with Crippen molar-refractivity contribution in [1.29, 1.82) is 0 Å². The molecule has 1 atom stereocenters. The van der Waals surface area contributed by atoms with E-state index in [2.05, 4.69) is 15.0 Å². The fraction of sp³-hybridized carbons (Fsp3) is 0.389. The molecular weight excluding hydrogens is 350 g/mol. The highest BCUT2D eigenvalue weighted by atomic mass is 32.1. The summed E-state index contributed by atoms with van der Waals surface area (Å²) >= 11 is 1.41. The third-order valence-electron chi connectivity index (χ3n) is 4.47. The van der Waals surface area contributed by atoms with E-state index in [9.17, 15) is 9.59 Å². The molecule has 1 unspecified atom stereocenters. The second-order valence-corrected chi connectivity index (χ2v) is 7.87. The molecule has 7 nitrogen and oxygen atoms in total. The van der Waals surface area contributed by atoms with Gasteiger partial charge in [-0.1, -0.05) is 0 Å². The molecule has 0 aromatic carbocycles. The Hall–Kier alpha value is -2.61. The standard InChI is InChI=1S/C18H21N5O2S/c1-10-16(26-11(2)21-10)13(24)7-12-5-6-20-14(8-12)18(3)9-15(25)23(4)17(19)22-18/h5-6,8H,7,9H2,1-4H3,(H2,19,22). The summed E-state index contributed by atoms with van der Waals surface area (Å²) in [5, 5.41) is 0.878. The minimum absolute atomic E-state index is 0.0258. The van der Waals surface area contributed by atoms with Gasteiger partial charge in [0.15, 0.2) is 11.7 Å². The molecule has 0 bridgehead atoms. The topological polar surface area (TPSA) is 102 Å². The first-order chi connectivity index (χ1) is 12.2. The Morgan fingerprint density at radius 3 is 2.77 bits per heavy atom. The van der Waals surface area contributed by atoms with Gasteiger partial charge in [0.25, 0.3) is 0 Å². The number of carbonyl (C=O) groups excluding carboxylic acids is 2. The fourth-order valence-corrected chi connectivity index (χ4v) is 3.85. The number of Topliss-reactive ketones (excluding diaryl/α,β-unsaturated/α-hetero) is 1. The zero-order valence-corrected chi connectivity index (χ0v) is 16.1. The molecule has 0 saturated carbocycles. The largest absolute Gasteiger partial charge is 0.369 e. The Bertz CT molecular complexity index is 920. The molecule has 8 heteroatoms. The van der Waals surface area contributed by atoms with Gasteiger partial charge in [-0.25, -0.2) is 9.98 Å². The van der Waals surface area contributed by atoms with Gasteiger partial charge in [-0.05, 0) is 38.5 Å². The van der Waals surface area contributed by atoms with Crippen LogP contribution >= 0.6 is 11.3 Å². The van der Waals surface area contributed by atoms with E-state index in [4.69, 9.17) is 5.73 Å². The predicted octanol–water partition coefficient (Wildman–Crippen LogP) is 1.97. The Balaban J connectivity index is 1.88. The number of amides is 1. The van der Waals surface area contributed by atoms with Crippen LogP contribution in [0.25, 0.3) is 0 Å². The number of guanidine groups is 1. The van der Waals surface area contributed by atoms with Gasteiger partial charge in [-0.15, -0.1) is 11.3 Å². The van der Waals surface area contributed by atoms with E-state index >= 15 is 0 Å². The second kappa shape index (κ2) is 6.60. The van der Waals surface area contributed by atoms with Crippen molar-refractivity contribution in [3.8, 4) is 0 Å². The summed E-state index contributed by atoms with van der Waals surface area (Å²) in [4.78, 5) is 39.9. The van der Waals surface area contributed by atoms with E-state index in [0.717, 1.165) is 16.3 Å². The molecule has 0 fully saturated rings. The van der Waals surface area contributed by atoms with Crippen LogP contribution in [0.4, 0.5) is 0 Å². The second-order valence-electron chi connectivity index (χ2n) is 6.67. The maximum Gasteiger partial charge on any atom is 0.231 e. The normalized spacial score (nSPS) is 20.2. The van der Waals surface area contributed by atoms with Gasteiger partial charge < -0.3 is 5.73 Å². The number of aliphatic imine (C=N–C) groups is 1. The molecule has 2 aromatic rings. The lowest BCUT2D eigenvalue weighted by Gasteiger charge is -2.32. The zero-order chi connectivity index (χ0) is 19.1. The summed E-state index contributed by atoms with van der Waals surface area (Å²) in [5.74, 6) is 0.0831. The van der Waals surface area contributed by atoms with Gasteiger partial charge in [0.1, 0.15) is 5.54 Å². The number of nitrogens with zero attached hydrogens (tertiary/aromatic N) is 4. The van der Waals surface area contributed by atoms with E-state index in [1.54, 1.807) is 19.3 Å². The zero-order valence-electron chi connectivity index (χ0n) is 15.2. The monoisotopic (exact) mass is 371 g/mol. The Kier molecular flexibility index (Phi) is 4.62. The highest BCUT2D eigenvalue weighted by molar-refractivity contribution is 7.13. The summed E-state index contributed by atoms with van der Waals surface area (Å²) in [6.45, 7) is 5.56. The number of rotatable bonds is 4. The van der Waals surface area contributed by atoms with E-state index in [0.29, 0.717) is 10.6 Å². The van der Waals surface area contributed by atoms with Gasteiger partial charge in [0.2, 0.25) is 5.91 Å². The van der Waals surface area contributed by atoms with Gasteiger partial charge in [0.05, 0.1) is 27.7 Å². The van der Waals surface area contributed by atoms with Crippen molar-refractivity contribution in [2.24, 2.45) is 10.7 Å². The number of hydrogen-bond acceptors (Lipinski definition) is 7. The van der Waals surface area contributed by atoms with Gasteiger partial charge in [-0.3, -0.25) is 19.5 Å². The van der Waals surface area contributed by atoms with E-state index in [1.165, 1.54) is 16.2 Å². The maximum absolute atomic E-state index is 12.6. The molecule has 2 aromatic heterocycles. The third-order valence-corrected chi connectivity index (χ3v) is 5.59. The quantitative estimate of drug-likeness (QED) is 0.828. The molecule has 0 saturated heterocycles. The SMILES string of the molecule is Cc1nc(C)c(C(=O)Cc2ccnc(C3(C)CC(=O)N(C)C(N)=N3)c2)s1. The molecule has 26 heavy (non-hydrogen) atoms. The summed E-state index contributed by atoms with van der Waals surface area (Å²) in [6.07, 6.45) is 2.07. The van der Waals surface area contributed by atoms with Crippen molar-refractivity contribution in [2.75, 3.05) is 7.05 Å². The molecule has 2 N–H and O–H groups in total. The minimum atomic E-state index is -0.830. The summed E-state index contributed by atoms with van der Waals surface area (Å²) < 4.78 is 0. The van der Waals surface area contributed by atoms with E-state index in [1.807, 2.05) is 26.8 Å². The minimum Gasteiger partial charge on any atom is -0.369 e. The van der Waals surface area contributed by atoms with E-state index < -0.39 is 5.54 Å². The van der Waals surface area contributed by atoms with Crippen LogP contribution in [0, 0.1) is 13.8 Å². The van der Waals surface area contributed by atoms with Crippen LogP contribution in [-0.2, 0) is 16.8 Å². The van der Waals surface area contributed by atoms with Crippen molar-refractivity contribution in [2.45, 2.75) is 39.2 Å². The first-order valence-electron chi connectivity index (χ1n) is 8.24. The number of pyridine rings is 1. The number of nitrogens with two attached hydrogens (primary N) is 1. The molecule has 136 valence electrons. The fourth-order valence-electron chi connectivity index (χ4n) is 2.99. The molecular formula is C18H21N5O2S. The number of aromatic nitrogens is 2. The van der Waals surface area contributed by atoms with Crippen molar-refractivity contribution in [1.82, 2.24) is 14.9 Å². The van der Waals surface area contributed by atoms with E-state index in [-0.39, 0.29) is 30.5 Å². The lowest BCUT2D eigenvalue weighted by Crippen LogP contribution is -2.47. The summed E-state index contributed by atoms with van der Waals surface area (Å²) in [6, 6.07) is 3.63. The molecule has 1 aliphatic rings. The number of ketones is 1. The maximum atomic E-state index is 12.6. The van der Waals surface area contributed by atoms with Crippen LogP contribution in [-0.4, -0.2) is 39.6 Å². The van der Waals surface area contributed by atoms with Gasteiger partial charge in [-0.2, -0.15) is 0 Å². The summed E-state index contributed by atoms with van der Waals surface area (Å²) in [5.41, 5.74) is 7.25. The van der Waals surface area contributed by atoms with Crippen LogP contribution in [0.1, 0.15) is 45.0 Å². The van der Waals surface area contributed by atoms with Crippen LogP contribution in [0.15, 0.2) is 23.3 Å². The van der Waals surface area contributed by atoms with Crippen LogP contribution in [0.2, 0.25) is 0 Å². The predicted molar refractivity (Wildman–Crippen MR) is 100 cm³/mol. The Morgan fingerprint density at radius 1 is 1.42 bits per heavy atom. The van der Waals surface area contributed by atoms with Crippen LogP contribution in [0.5, 0.6) is 0 Å². The van der Waals surface area contributed by atoms with Gasteiger partial charge >= 0.3 is 0 Å². The van der Waals surface area contributed by atoms with Crippen molar-refractivity contribution < 1.29 is 9.59 Å². The average molecular weight is 371 g/mol. The van der Waals surface area contributed by atoms with Gasteiger partial charge in [0, 0.05) is 19.7 Å². The first-order valence-corrected chi connectivity index (χ1v) is 9.06. The molecule has 0 aliphatic carbocycles. The lowest BCUT2D eigenvalue weighted by molar-refractivity contribution is -0.128. The number of aryl methyl sites for hydroxylation is 2. The smallest absolute Gasteiger partial charge is 0.231 e.